The fourth-order valence-electron chi connectivity index (χ4n) is 4.27. The second-order valence-corrected chi connectivity index (χ2v) is 10.2. The van der Waals surface area contributed by atoms with E-state index in [1.165, 1.54) is 5.56 Å². The number of quaternary nitrogens is 1. The van der Waals surface area contributed by atoms with Gasteiger partial charge < -0.3 is 4.48 Å². The highest BCUT2D eigenvalue weighted by Gasteiger charge is 2.34. The molecule has 0 saturated carbocycles. The van der Waals surface area contributed by atoms with E-state index in [9.17, 15) is 8.42 Å². The molecule has 0 aliphatic carbocycles. The standard InChI is InChI=1S/C23H22N3O2S/c1-26(2)15-17-13-22(29(27,28)19-11-7-4-8-12-19)20-14-24-25(23(20)21(17)16-26)18-9-5-3-6-10-18/h3-14H,15-16H2,1-2H3/q+1. The maximum absolute atomic E-state index is 13.5. The Hall–Kier alpha value is -2.96. The van der Waals surface area contributed by atoms with Gasteiger partial charge in [-0.1, -0.05) is 36.4 Å². The number of hydrogen-bond donors (Lipinski definition) is 0. The van der Waals surface area contributed by atoms with Crippen molar-refractivity contribution in [3.63, 3.8) is 0 Å². The molecule has 1 aliphatic heterocycles. The average molecular weight is 405 g/mol. The van der Waals surface area contributed by atoms with Gasteiger partial charge in [-0.05, 0) is 30.3 Å². The van der Waals surface area contributed by atoms with E-state index < -0.39 is 9.84 Å². The molecule has 0 fully saturated rings. The van der Waals surface area contributed by atoms with Crippen LogP contribution in [0.3, 0.4) is 0 Å². The molecule has 1 aliphatic rings. The lowest BCUT2D eigenvalue weighted by Crippen LogP contribution is -2.32. The minimum atomic E-state index is -3.65. The zero-order chi connectivity index (χ0) is 20.2. The number of fused-ring (bicyclic) bond motifs is 3. The number of sulfone groups is 1. The summed E-state index contributed by atoms with van der Waals surface area (Å²) in [5, 5.41) is 5.28. The maximum Gasteiger partial charge on any atom is 0.207 e. The van der Waals surface area contributed by atoms with Crippen molar-refractivity contribution in [1.82, 2.24) is 9.78 Å². The van der Waals surface area contributed by atoms with Crippen molar-refractivity contribution in [2.45, 2.75) is 22.9 Å². The molecule has 4 aromatic rings. The van der Waals surface area contributed by atoms with E-state index in [1.807, 2.05) is 47.1 Å². The Labute approximate surface area is 170 Å². The molecule has 0 spiro atoms. The highest BCUT2D eigenvalue weighted by molar-refractivity contribution is 7.91. The number of nitrogens with zero attached hydrogens (tertiary/aromatic N) is 3. The molecule has 0 bridgehead atoms. The topological polar surface area (TPSA) is 52.0 Å². The van der Waals surface area contributed by atoms with Gasteiger partial charge in [-0.2, -0.15) is 5.10 Å². The van der Waals surface area contributed by atoms with Gasteiger partial charge in [0.05, 0.1) is 41.3 Å². The van der Waals surface area contributed by atoms with Crippen molar-refractivity contribution in [3.05, 3.63) is 84.1 Å². The molecule has 2 heterocycles. The second-order valence-electron chi connectivity index (χ2n) is 8.24. The maximum atomic E-state index is 13.5. The summed E-state index contributed by atoms with van der Waals surface area (Å²) in [7, 11) is 0.681. The summed E-state index contributed by atoms with van der Waals surface area (Å²) >= 11 is 0. The van der Waals surface area contributed by atoms with Gasteiger partial charge in [0.25, 0.3) is 0 Å². The van der Waals surface area contributed by atoms with Gasteiger partial charge >= 0.3 is 0 Å². The highest BCUT2D eigenvalue weighted by Crippen LogP contribution is 2.39. The van der Waals surface area contributed by atoms with Gasteiger partial charge in [-0.25, -0.2) is 13.1 Å². The van der Waals surface area contributed by atoms with Crippen molar-refractivity contribution < 1.29 is 12.9 Å². The lowest BCUT2D eigenvalue weighted by atomic mass is 10.1. The first-order valence-electron chi connectivity index (χ1n) is 9.57. The van der Waals surface area contributed by atoms with Crippen LogP contribution in [0.5, 0.6) is 0 Å². The SMILES string of the molecule is C[N+]1(C)Cc2cc(S(=O)(=O)c3ccccc3)c3cnn(-c4ccccc4)c3c2C1. The molecule has 0 amide bonds. The van der Waals surface area contributed by atoms with Crippen LogP contribution in [0.4, 0.5) is 0 Å². The summed E-state index contributed by atoms with van der Waals surface area (Å²) in [5.74, 6) is 0. The van der Waals surface area contributed by atoms with Gasteiger partial charge in [0, 0.05) is 16.5 Å². The molecule has 3 aromatic carbocycles. The minimum Gasteiger partial charge on any atom is -0.321 e. The van der Waals surface area contributed by atoms with E-state index >= 15 is 0 Å². The molecule has 0 N–H and O–H groups in total. The number of para-hydroxylation sites is 1. The first-order valence-corrected chi connectivity index (χ1v) is 11.1. The van der Waals surface area contributed by atoms with Crippen molar-refractivity contribution in [1.29, 1.82) is 0 Å². The molecular formula is C23H22N3O2S+. The van der Waals surface area contributed by atoms with Gasteiger partial charge in [-0.3, -0.25) is 0 Å². The summed E-state index contributed by atoms with van der Waals surface area (Å²) in [5.41, 5.74) is 4.08. The molecule has 6 heteroatoms. The molecule has 0 unspecified atom stereocenters. The second kappa shape index (κ2) is 6.27. The van der Waals surface area contributed by atoms with Crippen LogP contribution in [-0.4, -0.2) is 36.8 Å². The Balaban J connectivity index is 1.85. The molecule has 5 rings (SSSR count). The Morgan fingerprint density at radius 1 is 0.931 bits per heavy atom. The molecule has 1 aromatic heterocycles. The summed E-state index contributed by atoms with van der Waals surface area (Å²) in [6, 6.07) is 20.4. The predicted octanol–water partition coefficient (Wildman–Crippen LogP) is 3.95. The quantitative estimate of drug-likeness (QED) is 0.486. The predicted molar refractivity (Wildman–Crippen MR) is 112 cm³/mol. The van der Waals surface area contributed by atoms with Gasteiger partial charge in [0.15, 0.2) is 0 Å². The molecule has 0 radical (unpaired) electrons. The fraction of sp³-hybridized carbons (Fsp3) is 0.174. The molecular weight excluding hydrogens is 382 g/mol. The van der Waals surface area contributed by atoms with Crippen molar-refractivity contribution in [2.75, 3.05) is 14.1 Å². The third-order valence-corrected chi connectivity index (χ3v) is 7.35. The summed E-state index contributed by atoms with van der Waals surface area (Å²) in [6.07, 6.45) is 1.69. The number of aromatic nitrogens is 2. The molecule has 5 nitrogen and oxygen atoms in total. The summed E-state index contributed by atoms with van der Waals surface area (Å²) in [4.78, 5) is 0.641. The Bertz CT molecular complexity index is 1330. The first-order chi connectivity index (χ1) is 13.9. The summed E-state index contributed by atoms with van der Waals surface area (Å²) in [6.45, 7) is 1.64. The van der Waals surface area contributed by atoms with Crippen LogP contribution in [0, 0.1) is 0 Å². The fourth-order valence-corrected chi connectivity index (χ4v) is 5.78. The minimum absolute atomic E-state index is 0.306. The van der Waals surface area contributed by atoms with Crippen LogP contribution >= 0.6 is 0 Å². The first kappa shape index (κ1) is 18.1. The zero-order valence-electron chi connectivity index (χ0n) is 16.4. The van der Waals surface area contributed by atoms with Crippen LogP contribution in [0.1, 0.15) is 11.1 Å². The van der Waals surface area contributed by atoms with E-state index in [1.54, 1.807) is 30.5 Å². The van der Waals surface area contributed by atoms with Gasteiger partial charge in [0.1, 0.15) is 13.1 Å². The monoisotopic (exact) mass is 404 g/mol. The van der Waals surface area contributed by atoms with Crippen molar-refractivity contribution in [3.8, 4) is 5.69 Å². The number of rotatable bonds is 3. The average Bonchev–Trinajstić information content (AvgIpc) is 3.28. The lowest BCUT2D eigenvalue weighted by Gasteiger charge is -2.22. The third kappa shape index (κ3) is 2.87. The van der Waals surface area contributed by atoms with Crippen molar-refractivity contribution >= 4 is 20.7 Å². The Morgan fingerprint density at radius 3 is 2.28 bits per heavy atom. The van der Waals surface area contributed by atoms with Crippen LogP contribution in [0.2, 0.25) is 0 Å². The van der Waals surface area contributed by atoms with Crippen molar-refractivity contribution in [2.24, 2.45) is 0 Å². The molecule has 0 saturated heterocycles. The van der Waals surface area contributed by atoms with E-state index in [0.717, 1.165) is 34.3 Å². The number of benzene rings is 3. The van der Waals surface area contributed by atoms with E-state index in [4.69, 9.17) is 0 Å². The lowest BCUT2D eigenvalue weighted by molar-refractivity contribution is -0.909. The number of hydrogen-bond acceptors (Lipinski definition) is 3. The normalized spacial score (nSPS) is 15.5. The third-order valence-electron chi connectivity index (χ3n) is 5.54. The van der Waals surface area contributed by atoms with E-state index in [0.29, 0.717) is 15.2 Å². The Kier molecular flexibility index (Phi) is 3.91. The highest BCUT2D eigenvalue weighted by atomic mass is 32.2. The largest absolute Gasteiger partial charge is 0.321 e. The smallest absolute Gasteiger partial charge is 0.207 e. The van der Waals surface area contributed by atoms with Gasteiger partial charge in [-0.15, -0.1) is 0 Å². The zero-order valence-corrected chi connectivity index (χ0v) is 17.2. The van der Waals surface area contributed by atoms with Crippen LogP contribution in [0.25, 0.3) is 16.6 Å². The van der Waals surface area contributed by atoms with Crippen LogP contribution in [-0.2, 0) is 22.9 Å². The van der Waals surface area contributed by atoms with Crippen LogP contribution in [0.15, 0.2) is 82.7 Å². The summed E-state index contributed by atoms with van der Waals surface area (Å²) < 4.78 is 29.7. The Morgan fingerprint density at radius 2 is 1.59 bits per heavy atom. The van der Waals surface area contributed by atoms with E-state index in [2.05, 4.69) is 19.2 Å². The molecule has 146 valence electrons. The van der Waals surface area contributed by atoms with Crippen LogP contribution < -0.4 is 0 Å². The van der Waals surface area contributed by atoms with E-state index in [-0.39, 0.29) is 0 Å². The van der Waals surface area contributed by atoms with Gasteiger partial charge in [0.2, 0.25) is 9.84 Å². The molecule has 0 atom stereocenters. The molecule has 29 heavy (non-hydrogen) atoms.